The zero-order chi connectivity index (χ0) is 18.2. The van der Waals surface area contributed by atoms with Gasteiger partial charge in [-0.3, -0.25) is 4.90 Å². The van der Waals surface area contributed by atoms with Crippen molar-refractivity contribution in [3.63, 3.8) is 0 Å². The second-order valence-corrected chi connectivity index (χ2v) is 8.49. The number of rotatable bonds is 3. The minimum absolute atomic E-state index is 0.144. The van der Waals surface area contributed by atoms with E-state index in [-0.39, 0.29) is 24.6 Å². The molecule has 5 nitrogen and oxygen atoms in total. The van der Waals surface area contributed by atoms with Gasteiger partial charge < -0.3 is 18.8 Å². The Kier molecular flexibility index (Phi) is 5.14. The van der Waals surface area contributed by atoms with E-state index in [2.05, 4.69) is 49.9 Å². The molecule has 3 aliphatic heterocycles. The first-order valence-electron chi connectivity index (χ1n) is 9.86. The van der Waals surface area contributed by atoms with Gasteiger partial charge in [0, 0.05) is 38.6 Å². The summed E-state index contributed by atoms with van der Waals surface area (Å²) in [4.78, 5) is 2.48. The van der Waals surface area contributed by atoms with Crippen molar-refractivity contribution in [3.05, 3.63) is 29.8 Å². The maximum Gasteiger partial charge on any atom is 0.494 e. The third-order valence-electron chi connectivity index (χ3n) is 5.65. The minimum Gasteiger partial charge on any atom is -0.405 e. The van der Waals surface area contributed by atoms with Gasteiger partial charge in [-0.1, -0.05) is 24.3 Å². The van der Waals surface area contributed by atoms with Gasteiger partial charge in [0.2, 0.25) is 0 Å². The SMILES string of the molecule is CC1CC(C)(C)OB(c2ccc(CN3CCC4(CC3)OCCO4)cc2)O1. The van der Waals surface area contributed by atoms with E-state index in [1.165, 1.54) is 5.56 Å². The number of ether oxygens (including phenoxy) is 2. The van der Waals surface area contributed by atoms with Crippen LogP contribution in [0.1, 0.15) is 45.6 Å². The van der Waals surface area contributed by atoms with Crippen molar-refractivity contribution in [2.45, 2.75) is 64.1 Å². The van der Waals surface area contributed by atoms with Crippen LogP contribution in [0.15, 0.2) is 24.3 Å². The molecule has 0 N–H and O–H groups in total. The van der Waals surface area contributed by atoms with Gasteiger partial charge in [-0.25, -0.2) is 0 Å². The molecule has 3 heterocycles. The fourth-order valence-electron chi connectivity index (χ4n) is 4.34. The van der Waals surface area contributed by atoms with Gasteiger partial charge >= 0.3 is 7.12 Å². The molecule has 0 aromatic heterocycles. The summed E-state index contributed by atoms with van der Waals surface area (Å²) < 4.78 is 23.7. The molecule has 4 rings (SSSR count). The molecular weight excluding hydrogens is 329 g/mol. The standard InChI is InChI=1S/C20H30BNO4/c1-16-14-19(2,3)26-21(25-16)18-6-4-17(5-7-18)15-22-10-8-20(9-11-22)23-12-13-24-20/h4-7,16H,8-15H2,1-3H3. The average Bonchev–Trinajstić information content (AvgIpc) is 3.04. The summed E-state index contributed by atoms with van der Waals surface area (Å²) in [6.45, 7) is 10.9. The van der Waals surface area contributed by atoms with E-state index >= 15 is 0 Å². The molecule has 0 radical (unpaired) electrons. The Hall–Kier alpha value is -0.915. The Bertz CT molecular complexity index is 605. The van der Waals surface area contributed by atoms with Crippen LogP contribution in [0.25, 0.3) is 0 Å². The Labute approximate surface area is 157 Å². The molecule has 26 heavy (non-hydrogen) atoms. The lowest BCUT2D eigenvalue weighted by Gasteiger charge is -2.38. The molecule has 0 saturated carbocycles. The monoisotopic (exact) mass is 359 g/mol. The van der Waals surface area contributed by atoms with Gasteiger partial charge in [-0.15, -0.1) is 0 Å². The third-order valence-corrected chi connectivity index (χ3v) is 5.65. The largest absolute Gasteiger partial charge is 0.494 e. The molecule has 0 bridgehead atoms. The lowest BCUT2D eigenvalue weighted by molar-refractivity contribution is -0.185. The number of likely N-dealkylation sites (tertiary alicyclic amines) is 1. The molecule has 1 aromatic carbocycles. The maximum atomic E-state index is 6.11. The lowest BCUT2D eigenvalue weighted by Crippen LogP contribution is -2.51. The van der Waals surface area contributed by atoms with Crippen LogP contribution in [-0.4, -0.2) is 55.8 Å². The van der Waals surface area contributed by atoms with Crippen LogP contribution >= 0.6 is 0 Å². The van der Waals surface area contributed by atoms with Crippen LogP contribution in [0, 0.1) is 0 Å². The Balaban J connectivity index is 1.33. The minimum atomic E-state index is -0.292. The molecule has 3 aliphatic rings. The molecule has 1 aromatic rings. The van der Waals surface area contributed by atoms with Gasteiger partial charge in [-0.2, -0.15) is 0 Å². The fraction of sp³-hybridized carbons (Fsp3) is 0.700. The zero-order valence-electron chi connectivity index (χ0n) is 16.2. The molecule has 3 fully saturated rings. The van der Waals surface area contributed by atoms with Crippen LogP contribution in [0.2, 0.25) is 0 Å². The molecule has 142 valence electrons. The van der Waals surface area contributed by atoms with E-state index in [1.54, 1.807) is 0 Å². The zero-order valence-corrected chi connectivity index (χ0v) is 16.2. The lowest BCUT2D eigenvalue weighted by atomic mass is 9.75. The van der Waals surface area contributed by atoms with E-state index in [9.17, 15) is 0 Å². The van der Waals surface area contributed by atoms with Crippen LogP contribution in [0.4, 0.5) is 0 Å². The highest BCUT2D eigenvalue weighted by atomic mass is 16.7. The van der Waals surface area contributed by atoms with Crippen molar-refractivity contribution in [1.82, 2.24) is 4.90 Å². The van der Waals surface area contributed by atoms with E-state index in [0.717, 1.165) is 57.6 Å². The summed E-state index contributed by atoms with van der Waals surface area (Å²) >= 11 is 0. The summed E-state index contributed by atoms with van der Waals surface area (Å²) in [5, 5.41) is 0. The van der Waals surface area contributed by atoms with E-state index in [0.29, 0.717) is 0 Å². The molecule has 1 spiro atoms. The van der Waals surface area contributed by atoms with E-state index in [1.807, 2.05) is 0 Å². The van der Waals surface area contributed by atoms with Crippen molar-refractivity contribution >= 4 is 12.6 Å². The molecule has 3 saturated heterocycles. The first kappa shape index (κ1) is 18.4. The van der Waals surface area contributed by atoms with Crippen molar-refractivity contribution in [2.24, 2.45) is 0 Å². The predicted octanol–water partition coefficient (Wildman–Crippen LogP) is 2.32. The summed E-state index contributed by atoms with van der Waals surface area (Å²) in [6.07, 6.45) is 3.05. The number of benzene rings is 1. The van der Waals surface area contributed by atoms with Crippen LogP contribution in [0.3, 0.4) is 0 Å². The Morgan fingerprint density at radius 3 is 2.35 bits per heavy atom. The van der Waals surface area contributed by atoms with Crippen molar-refractivity contribution in [2.75, 3.05) is 26.3 Å². The predicted molar refractivity (Wildman–Crippen MR) is 101 cm³/mol. The topological polar surface area (TPSA) is 40.2 Å². The highest BCUT2D eigenvalue weighted by molar-refractivity contribution is 6.61. The van der Waals surface area contributed by atoms with Gasteiger partial charge in [0.05, 0.1) is 18.8 Å². The van der Waals surface area contributed by atoms with E-state index in [4.69, 9.17) is 18.8 Å². The van der Waals surface area contributed by atoms with Crippen molar-refractivity contribution in [3.8, 4) is 0 Å². The van der Waals surface area contributed by atoms with Crippen LogP contribution in [-0.2, 0) is 25.3 Å². The molecular formula is C20H30BNO4. The number of hydrogen-bond acceptors (Lipinski definition) is 5. The molecule has 1 unspecified atom stereocenters. The van der Waals surface area contributed by atoms with Crippen LogP contribution in [0.5, 0.6) is 0 Å². The second-order valence-electron chi connectivity index (χ2n) is 8.49. The Morgan fingerprint density at radius 1 is 1.08 bits per heavy atom. The van der Waals surface area contributed by atoms with Crippen molar-refractivity contribution in [1.29, 1.82) is 0 Å². The molecule has 0 aliphatic carbocycles. The summed E-state index contributed by atoms with van der Waals surface area (Å²) in [5.74, 6) is -0.292. The first-order valence-corrected chi connectivity index (χ1v) is 9.86. The highest BCUT2D eigenvalue weighted by Gasteiger charge is 2.40. The third kappa shape index (κ3) is 4.15. The summed E-state index contributed by atoms with van der Waals surface area (Å²) in [5.41, 5.74) is 2.27. The normalized spacial score (nSPS) is 28.6. The van der Waals surface area contributed by atoms with Crippen LogP contribution < -0.4 is 5.46 Å². The smallest absolute Gasteiger partial charge is 0.405 e. The van der Waals surface area contributed by atoms with Crippen molar-refractivity contribution < 1.29 is 18.8 Å². The molecule has 1 atom stereocenters. The highest BCUT2D eigenvalue weighted by Crippen LogP contribution is 2.31. The number of nitrogens with zero attached hydrogens (tertiary/aromatic N) is 1. The average molecular weight is 359 g/mol. The summed E-state index contributed by atoms with van der Waals surface area (Å²) in [6, 6.07) is 8.67. The number of hydrogen-bond donors (Lipinski definition) is 0. The van der Waals surface area contributed by atoms with Gasteiger partial charge in [-0.05, 0) is 38.2 Å². The van der Waals surface area contributed by atoms with E-state index < -0.39 is 0 Å². The first-order chi connectivity index (χ1) is 12.4. The summed E-state index contributed by atoms with van der Waals surface area (Å²) in [7, 11) is -0.269. The molecule has 6 heteroatoms. The van der Waals surface area contributed by atoms with Gasteiger partial charge in [0.25, 0.3) is 0 Å². The maximum absolute atomic E-state index is 6.11. The Morgan fingerprint density at radius 2 is 1.73 bits per heavy atom. The fourth-order valence-corrected chi connectivity index (χ4v) is 4.34. The second kappa shape index (κ2) is 7.25. The van der Waals surface area contributed by atoms with Gasteiger partial charge in [0.15, 0.2) is 5.79 Å². The quantitative estimate of drug-likeness (QED) is 0.775. The molecule has 0 amide bonds. The number of piperidine rings is 1. The van der Waals surface area contributed by atoms with Gasteiger partial charge in [0.1, 0.15) is 0 Å².